The summed E-state index contributed by atoms with van der Waals surface area (Å²) in [4.78, 5) is 62.6. The number of aromatic nitrogens is 1. The highest BCUT2D eigenvalue weighted by Crippen LogP contribution is 2.48. The van der Waals surface area contributed by atoms with Crippen molar-refractivity contribution in [2.75, 3.05) is 13.2 Å². The van der Waals surface area contributed by atoms with Crippen molar-refractivity contribution in [3.05, 3.63) is 42.1 Å². The number of nitrogens with zero attached hydrogens (tertiary/aromatic N) is 2. The van der Waals surface area contributed by atoms with E-state index in [2.05, 4.69) is 20.3 Å². The van der Waals surface area contributed by atoms with Crippen LogP contribution in [0.4, 0.5) is 13.6 Å². The minimum atomic E-state index is -4.05. The Balaban J connectivity index is 1.23. The van der Waals surface area contributed by atoms with Crippen molar-refractivity contribution >= 4 is 44.6 Å². The van der Waals surface area contributed by atoms with Crippen LogP contribution in [0.3, 0.4) is 0 Å². The SMILES string of the molecule is C[C@H]1CC/C=C\[C@@H]2C[C@@]2(C(=O)NS(=O)(=O)C2(C)CC2)NC(=O)[C@@H]2C[C@@H](Oc3nccc4c5c(ccc34)CCCO5)CN2C(=O)[C@@H](NC(=O)OC(C)(C)C(C)(F)F)[C@H](C)C1. The van der Waals surface area contributed by atoms with Gasteiger partial charge in [0.05, 0.1) is 17.9 Å². The number of halogens is 2. The molecule has 7 atom stereocenters. The number of alkyl carbamates (subject to hydrolysis) is 1. The summed E-state index contributed by atoms with van der Waals surface area (Å²) in [6, 6.07) is 3.13. The van der Waals surface area contributed by atoms with E-state index in [9.17, 15) is 36.4 Å². The second-order valence-corrected chi connectivity index (χ2v) is 20.3. The lowest BCUT2D eigenvalue weighted by Gasteiger charge is -2.35. The summed E-state index contributed by atoms with van der Waals surface area (Å²) in [5, 5.41) is 6.89. The first-order valence-corrected chi connectivity index (χ1v) is 22.1. The second kappa shape index (κ2) is 15.5. The third-order valence-corrected chi connectivity index (χ3v) is 15.1. The van der Waals surface area contributed by atoms with Crippen LogP contribution in [0.1, 0.15) is 98.5 Å². The largest absolute Gasteiger partial charge is 0.493 e. The number of alkyl halides is 2. The molecule has 0 unspecified atom stereocenters. The van der Waals surface area contributed by atoms with Crippen LogP contribution >= 0.6 is 0 Å². The molecule has 14 nitrogen and oxygen atoms in total. The number of carbonyl (C=O) groups is 4. The average molecular weight is 844 g/mol. The zero-order chi connectivity index (χ0) is 42.7. The standard InChI is InChI=1S/C42H55F2N5O9S/c1-24-10-7-8-12-27-22-42(27,37(52)48-59(54,55)40(5)16-17-40)47-34(50)31-21-28(57-35-30-14-13-26-11-9-19-56-33(26)29(30)15-18-45-35)23-49(31)36(51)32(25(2)20-24)46-38(53)58-39(3,4)41(6,43)44/h8,12-15,18,24-25,27-28,31-32H,7,9-11,16-17,19-23H2,1-6H3,(H,46,53)(H,47,50)(H,48,52)/b12-8-/t24-,25+,27+,28+,31-,32-,42+/m0/s1. The van der Waals surface area contributed by atoms with Gasteiger partial charge in [-0.15, -0.1) is 0 Å². The molecule has 3 aliphatic heterocycles. The number of hydrogen-bond acceptors (Lipinski definition) is 10. The number of rotatable bonds is 8. The van der Waals surface area contributed by atoms with E-state index in [1.165, 1.54) is 4.90 Å². The Morgan fingerprint density at radius 3 is 2.54 bits per heavy atom. The van der Waals surface area contributed by atoms with Crippen LogP contribution in [0.2, 0.25) is 0 Å². The van der Waals surface area contributed by atoms with Crippen molar-refractivity contribution in [1.29, 1.82) is 0 Å². The van der Waals surface area contributed by atoms with Crippen LogP contribution < -0.4 is 24.8 Å². The molecule has 0 spiro atoms. The highest BCUT2D eigenvalue weighted by atomic mass is 32.2. The molecule has 322 valence electrons. The van der Waals surface area contributed by atoms with Gasteiger partial charge in [0.15, 0.2) is 5.60 Å². The number of amides is 4. The number of nitrogens with one attached hydrogen (secondary N) is 3. The zero-order valence-electron chi connectivity index (χ0n) is 34.4. The molecule has 2 saturated carbocycles. The number of hydrogen-bond donors (Lipinski definition) is 3. The molecule has 1 aromatic carbocycles. The normalized spacial score (nSPS) is 30.2. The third-order valence-electron chi connectivity index (χ3n) is 13.0. The van der Waals surface area contributed by atoms with E-state index in [1.807, 2.05) is 37.3 Å². The molecule has 1 aromatic heterocycles. The van der Waals surface area contributed by atoms with Gasteiger partial charge >= 0.3 is 6.09 Å². The van der Waals surface area contributed by atoms with E-state index in [0.29, 0.717) is 51.0 Å². The lowest BCUT2D eigenvalue weighted by molar-refractivity contribution is -0.152. The Morgan fingerprint density at radius 2 is 1.83 bits per heavy atom. The summed E-state index contributed by atoms with van der Waals surface area (Å²) >= 11 is 0. The van der Waals surface area contributed by atoms with Gasteiger partial charge < -0.3 is 29.7 Å². The van der Waals surface area contributed by atoms with Gasteiger partial charge in [0.2, 0.25) is 27.7 Å². The fourth-order valence-corrected chi connectivity index (χ4v) is 9.69. The maximum Gasteiger partial charge on any atom is 0.408 e. The average Bonchev–Trinajstić information content (AvgIpc) is 4.04. The maximum atomic E-state index is 14.9. The molecule has 5 aliphatic rings. The number of ether oxygens (including phenoxy) is 3. The van der Waals surface area contributed by atoms with Gasteiger partial charge in [-0.25, -0.2) is 27.0 Å². The van der Waals surface area contributed by atoms with Crippen molar-refractivity contribution in [2.45, 2.75) is 139 Å². The molecule has 4 heterocycles. The van der Waals surface area contributed by atoms with Crippen molar-refractivity contribution < 1.29 is 50.6 Å². The minimum Gasteiger partial charge on any atom is -0.493 e. The van der Waals surface area contributed by atoms with Gasteiger partial charge in [-0.05, 0) is 102 Å². The van der Waals surface area contributed by atoms with Crippen LogP contribution in [0, 0.1) is 17.8 Å². The lowest BCUT2D eigenvalue weighted by Crippen LogP contribution is -2.59. The smallest absolute Gasteiger partial charge is 0.408 e. The predicted molar refractivity (Wildman–Crippen MR) is 213 cm³/mol. The molecule has 0 radical (unpaired) electrons. The van der Waals surface area contributed by atoms with Crippen molar-refractivity contribution in [3.8, 4) is 11.6 Å². The van der Waals surface area contributed by atoms with E-state index in [1.54, 1.807) is 20.0 Å². The van der Waals surface area contributed by atoms with Crippen LogP contribution in [0.25, 0.3) is 10.8 Å². The highest BCUT2D eigenvalue weighted by Gasteiger charge is 2.63. The summed E-state index contributed by atoms with van der Waals surface area (Å²) in [5.74, 6) is -5.69. The van der Waals surface area contributed by atoms with E-state index in [0.717, 1.165) is 43.4 Å². The minimum absolute atomic E-state index is 0.0263. The summed E-state index contributed by atoms with van der Waals surface area (Å²) in [6.45, 7) is 8.53. The summed E-state index contributed by atoms with van der Waals surface area (Å²) < 4.78 is 74.2. The van der Waals surface area contributed by atoms with Crippen LogP contribution in [0.15, 0.2) is 36.5 Å². The number of fused-ring (bicyclic) bond motifs is 5. The zero-order valence-corrected chi connectivity index (χ0v) is 35.3. The quantitative estimate of drug-likeness (QED) is 0.294. The first-order valence-electron chi connectivity index (χ1n) is 20.6. The van der Waals surface area contributed by atoms with E-state index < -0.39 is 85.7 Å². The van der Waals surface area contributed by atoms with Crippen LogP contribution in [-0.2, 0) is 35.6 Å². The predicted octanol–water partition coefficient (Wildman–Crippen LogP) is 5.32. The fourth-order valence-electron chi connectivity index (χ4n) is 8.38. The van der Waals surface area contributed by atoms with Gasteiger partial charge in [0.25, 0.3) is 11.8 Å². The highest BCUT2D eigenvalue weighted by molar-refractivity contribution is 7.91. The Hall–Kier alpha value is -4.54. The molecule has 17 heteroatoms. The van der Waals surface area contributed by atoms with E-state index >= 15 is 0 Å². The van der Waals surface area contributed by atoms with Crippen molar-refractivity contribution in [2.24, 2.45) is 17.8 Å². The molecule has 4 amide bonds. The van der Waals surface area contributed by atoms with Gasteiger partial charge in [-0.1, -0.05) is 32.1 Å². The van der Waals surface area contributed by atoms with Gasteiger partial charge in [-0.3, -0.25) is 19.1 Å². The molecule has 3 fully saturated rings. The molecule has 0 bridgehead atoms. The second-order valence-electron chi connectivity index (χ2n) is 18.1. The maximum absolute atomic E-state index is 14.9. The topological polar surface area (TPSA) is 182 Å². The Bertz CT molecular complexity index is 2160. The summed E-state index contributed by atoms with van der Waals surface area (Å²) in [5.41, 5.74) is -2.76. The molecule has 1 saturated heterocycles. The lowest BCUT2D eigenvalue weighted by atomic mass is 9.88. The van der Waals surface area contributed by atoms with E-state index in [4.69, 9.17) is 14.2 Å². The number of aryl methyl sites for hydroxylation is 1. The molecule has 7 rings (SSSR count). The van der Waals surface area contributed by atoms with Gasteiger partial charge in [0.1, 0.15) is 29.5 Å². The first kappa shape index (κ1) is 42.6. The van der Waals surface area contributed by atoms with E-state index in [-0.39, 0.29) is 31.2 Å². The number of carbonyl (C=O) groups excluding carboxylic acids is 4. The third kappa shape index (κ3) is 8.45. The number of sulfonamides is 1. The van der Waals surface area contributed by atoms with Crippen LogP contribution in [-0.4, -0.2) is 95.3 Å². The monoisotopic (exact) mass is 843 g/mol. The Morgan fingerprint density at radius 1 is 1.08 bits per heavy atom. The fraction of sp³-hybridized carbons (Fsp3) is 0.643. The molecular weight excluding hydrogens is 789 g/mol. The molecule has 59 heavy (non-hydrogen) atoms. The van der Waals surface area contributed by atoms with Crippen molar-refractivity contribution in [3.63, 3.8) is 0 Å². The number of pyridine rings is 1. The number of allylic oxidation sites excluding steroid dienone is 1. The Kier molecular flexibility index (Phi) is 11.2. The molecule has 2 aromatic rings. The summed E-state index contributed by atoms with van der Waals surface area (Å²) in [7, 11) is -4.05. The first-order chi connectivity index (χ1) is 27.6. The van der Waals surface area contributed by atoms with Gasteiger partial charge in [-0.2, -0.15) is 0 Å². The molecule has 3 N–H and O–H groups in total. The molecular formula is C42H55F2N5O9S. The Labute approximate surface area is 343 Å². The van der Waals surface area contributed by atoms with Crippen LogP contribution in [0.5, 0.6) is 11.6 Å². The molecule has 2 aliphatic carbocycles. The van der Waals surface area contributed by atoms with Crippen molar-refractivity contribution in [1.82, 2.24) is 25.2 Å². The summed E-state index contributed by atoms with van der Waals surface area (Å²) in [6.07, 6.45) is 7.63. The number of benzene rings is 1. The van der Waals surface area contributed by atoms with Gasteiger partial charge in [0, 0.05) is 36.2 Å².